The Morgan fingerprint density at radius 1 is 1.48 bits per heavy atom. The van der Waals surface area contributed by atoms with E-state index in [4.69, 9.17) is 9.47 Å². The number of piperazine rings is 1. The van der Waals surface area contributed by atoms with Gasteiger partial charge in [-0.25, -0.2) is 0 Å². The lowest BCUT2D eigenvalue weighted by Gasteiger charge is -2.34. The van der Waals surface area contributed by atoms with Crippen molar-refractivity contribution in [3.63, 3.8) is 0 Å². The van der Waals surface area contributed by atoms with Crippen molar-refractivity contribution in [2.75, 3.05) is 38.7 Å². The molecular formula is C18H25N3O4. The van der Waals surface area contributed by atoms with E-state index >= 15 is 0 Å². The van der Waals surface area contributed by atoms with E-state index in [1.807, 2.05) is 17.0 Å². The molecule has 1 aromatic rings. The van der Waals surface area contributed by atoms with E-state index < -0.39 is 6.04 Å². The molecular weight excluding hydrogens is 322 g/mol. The van der Waals surface area contributed by atoms with Gasteiger partial charge >= 0.3 is 0 Å². The highest BCUT2D eigenvalue weighted by atomic mass is 16.5. The number of benzene rings is 1. The summed E-state index contributed by atoms with van der Waals surface area (Å²) < 4.78 is 10.8. The van der Waals surface area contributed by atoms with E-state index in [9.17, 15) is 9.59 Å². The van der Waals surface area contributed by atoms with Crippen LogP contribution in [0.5, 0.6) is 5.75 Å². The van der Waals surface area contributed by atoms with Crippen LogP contribution in [0, 0.1) is 0 Å². The molecule has 25 heavy (non-hydrogen) atoms. The van der Waals surface area contributed by atoms with Crippen molar-refractivity contribution in [1.29, 1.82) is 0 Å². The SMILES string of the molecule is COc1cccc(NC(=O)CC2NCCN(CC3CCCO3)C2=O)c1. The zero-order valence-corrected chi connectivity index (χ0v) is 14.5. The van der Waals surface area contributed by atoms with Crippen molar-refractivity contribution < 1.29 is 19.1 Å². The van der Waals surface area contributed by atoms with Gasteiger partial charge in [0.1, 0.15) is 5.75 Å². The fraction of sp³-hybridized carbons (Fsp3) is 0.556. The second-order valence-corrected chi connectivity index (χ2v) is 6.41. The topological polar surface area (TPSA) is 79.9 Å². The summed E-state index contributed by atoms with van der Waals surface area (Å²) in [6.07, 6.45) is 2.29. The van der Waals surface area contributed by atoms with E-state index in [1.54, 1.807) is 19.2 Å². The predicted octanol–water partition coefficient (Wildman–Crippen LogP) is 1.00. The molecule has 2 amide bonds. The number of nitrogens with one attached hydrogen (secondary N) is 2. The number of rotatable bonds is 6. The van der Waals surface area contributed by atoms with Gasteiger partial charge in [-0.15, -0.1) is 0 Å². The van der Waals surface area contributed by atoms with Crippen LogP contribution < -0.4 is 15.4 Å². The van der Waals surface area contributed by atoms with Crippen molar-refractivity contribution in [2.24, 2.45) is 0 Å². The molecule has 7 heteroatoms. The van der Waals surface area contributed by atoms with Crippen molar-refractivity contribution in [3.05, 3.63) is 24.3 Å². The number of carbonyl (C=O) groups excluding carboxylic acids is 2. The smallest absolute Gasteiger partial charge is 0.240 e. The van der Waals surface area contributed by atoms with Crippen LogP contribution in [0.3, 0.4) is 0 Å². The second-order valence-electron chi connectivity index (χ2n) is 6.41. The third kappa shape index (κ3) is 4.70. The number of anilines is 1. The molecule has 7 nitrogen and oxygen atoms in total. The maximum absolute atomic E-state index is 12.6. The number of methoxy groups -OCH3 is 1. The van der Waals surface area contributed by atoms with E-state index in [2.05, 4.69) is 10.6 Å². The highest BCUT2D eigenvalue weighted by Crippen LogP contribution is 2.18. The van der Waals surface area contributed by atoms with E-state index in [0.717, 1.165) is 19.4 Å². The highest BCUT2D eigenvalue weighted by molar-refractivity contribution is 5.95. The standard InChI is InChI=1S/C18H25N3O4/c1-24-14-5-2-4-13(10-14)20-17(22)11-16-18(23)21(8-7-19-16)12-15-6-3-9-25-15/h2,4-5,10,15-16,19H,3,6-9,11-12H2,1H3,(H,20,22). The van der Waals surface area contributed by atoms with Crippen LogP contribution in [0.2, 0.25) is 0 Å². The molecule has 2 aliphatic heterocycles. The zero-order chi connectivity index (χ0) is 17.6. The summed E-state index contributed by atoms with van der Waals surface area (Å²) in [5.74, 6) is 0.452. The summed E-state index contributed by atoms with van der Waals surface area (Å²) in [7, 11) is 1.58. The molecule has 0 spiro atoms. The van der Waals surface area contributed by atoms with Gasteiger partial charge in [-0.05, 0) is 25.0 Å². The van der Waals surface area contributed by atoms with Crippen molar-refractivity contribution >= 4 is 17.5 Å². The minimum absolute atomic E-state index is 0.0254. The normalized spacial score (nSPS) is 23.6. The molecule has 1 aromatic carbocycles. The number of hydrogen-bond donors (Lipinski definition) is 2. The second kappa shape index (κ2) is 8.31. The van der Waals surface area contributed by atoms with E-state index in [0.29, 0.717) is 31.1 Å². The molecule has 136 valence electrons. The molecule has 2 aliphatic rings. The summed E-state index contributed by atoms with van der Waals surface area (Å²) in [6, 6.07) is 6.67. The number of hydrogen-bond acceptors (Lipinski definition) is 5. The van der Waals surface area contributed by atoms with Gasteiger partial charge in [0.05, 0.1) is 25.7 Å². The van der Waals surface area contributed by atoms with Gasteiger partial charge in [0, 0.05) is 38.0 Å². The van der Waals surface area contributed by atoms with Gasteiger partial charge in [0.15, 0.2) is 0 Å². The molecule has 0 bridgehead atoms. The van der Waals surface area contributed by atoms with Crippen LogP contribution in [0.4, 0.5) is 5.69 Å². The van der Waals surface area contributed by atoms with Crippen molar-refractivity contribution in [1.82, 2.24) is 10.2 Å². The van der Waals surface area contributed by atoms with Gasteiger partial charge < -0.3 is 25.0 Å². The van der Waals surface area contributed by atoms with Gasteiger partial charge in [-0.1, -0.05) is 6.07 Å². The summed E-state index contributed by atoms with van der Waals surface area (Å²) in [5, 5.41) is 5.96. The molecule has 0 radical (unpaired) electrons. The third-order valence-corrected chi connectivity index (χ3v) is 4.57. The van der Waals surface area contributed by atoms with Crippen LogP contribution in [-0.2, 0) is 14.3 Å². The van der Waals surface area contributed by atoms with Crippen LogP contribution in [0.25, 0.3) is 0 Å². The zero-order valence-electron chi connectivity index (χ0n) is 14.5. The average molecular weight is 347 g/mol. The minimum atomic E-state index is -0.485. The van der Waals surface area contributed by atoms with Gasteiger partial charge in [-0.2, -0.15) is 0 Å². The summed E-state index contributed by atoms with van der Waals surface area (Å²) >= 11 is 0. The monoisotopic (exact) mass is 347 g/mol. The van der Waals surface area contributed by atoms with Crippen molar-refractivity contribution in [2.45, 2.75) is 31.4 Å². The first kappa shape index (κ1) is 17.7. The summed E-state index contributed by atoms with van der Waals surface area (Å²) in [4.78, 5) is 26.7. The van der Waals surface area contributed by atoms with E-state index in [-0.39, 0.29) is 24.3 Å². The fourth-order valence-corrected chi connectivity index (χ4v) is 3.26. The lowest BCUT2D eigenvalue weighted by atomic mass is 10.1. The molecule has 2 saturated heterocycles. The quantitative estimate of drug-likeness (QED) is 0.803. The number of amides is 2. The number of nitrogens with zero attached hydrogens (tertiary/aromatic N) is 1. The Labute approximate surface area is 147 Å². The maximum atomic E-state index is 12.6. The van der Waals surface area contributed by atoms with Crippen LogP contribution >= 0.6 is 0 Å². The highest BCUT2D eigenvalue weighted by Gasteiger charge is 2.32. The first-order valence-corrected chi connectivity index (χ1v) is 8.73. The lowest BCUT2D eigenvalue weighted by Crippen LogP contribution is -2.57. The average Bonchev–Trinajstić information content (AvgIpc) is 3.11. The van der Waals surface area contributed by atoms with Crippen molar-refractivity contribution in [3.8, 4) is 5.75 Å². The molecule has 0 aromatic heterocycles. The Morgan fingerprint density at radius 2 is 2.36 bits per heavy atom. The Kier molecular flexibility index (Phi) is 5.88. The molecule has 2 atom stereocenters. The van der Waals surface area contributed by atoms with Crippen LogP contribution in [0.1, 0.15) is 19.3 Å². The Hall–Kier alpha value is -2.12. The lowest BCUT2D eigenvalue weighted by molar-refractivity contribution is -0.139. The van der Waals surface area contributed by atoms with Gasteiger partial charge in [-0.3, -0.25) is 9.59 Å². The third-order valence-electron chi connectivity index (χ3n) is 4.57. The molecule has 0 aliphatic carbocycles. The van der Waals surface area contributed by atoms with Gasteiger partial charge in [0.2, 0.25) is 11.8 Å². The predicted molar refractivity (Wildman–Crippen MR) is 93.6 cm³/mol. The van der Waals surface area contributed by atoms with E-state index in [1.165, 1.54) is 0 Å². The molecule has 2 N–H and O–H groups in total. The Balaban J connectivity index is 1.53. The first-order valence-electron chi connectivity index (χ1n) is 8.73. The molecule has 2 fully saturated rings. The Morgan fingerprint density at radius 3 is 3.12 bits per heavy atom. The first-order chi connectivity index (χ1) is 12.2. The van der Waals surface area contributed by atoms with Gasteiger partial charge in [0.25, 0.3) is 0 Å². The molecule has 2 heterocycles. The maximum Gasteiger partial charge on any atom is 0.240 e. The largest absolute Gasteiger partial charge is 0.497 e. The fourth-order valence-electron chi connectivity index (χ4n) is 3.26. The summed E-state index contributed by atoms with van der Waals surface area (Å²) in [5.41, 5.74) is 0.656. The number of ether oxygens (including phenoxy) is 2. The molecule has 2 unspecified atom stereocenters. The minimum Gasteiger partial charge on any atom is -0.497 e. The molecule has 0 saturated carbocycles. The van der Waals surface area contributed by atoms with Crippen LogP contribution in [-0.4, -0.2) is 62.2 Å². The molecule has 3 rings (SSSR count). The van der Waals surface area contributed by atoms with Crippen LogP contribution in [0.15, 0.2) is 24.3 Å². The Bertz CT molecular complexity index is 616. The number of carbonyl (C=O) groups is 2. The summed E-state index contributed by atoms with van der Waals surface area (Å²) in [6.45, 7) is 2.74.